The monoisotopic (exact) mass is 416 g/mol. The molecule has 7 nitrogen and oxygen atoms in total. The van der Waals surface area contributed by atoms with Crippen molar-refractivity contribution in [1.29, 1.82) is 0 Å². The van der Waals surface area contributed by atoms with Gasteiger partial charge in [-0.15, -0.1) is 0 Å². The molecule has 2 rings (SSSR count). The quantitative estimate of drug-likeness (QED) is 0.753. The van der Waals surface area contributed by atoms with E-state index in [0.29, 0.717) is 5.69 Å². The summed E-state index contributed by atoms with van der Waals surface area (Å²) in [7, 11) is -2.75. The zero-order valence-corrected chi connectivity index (χ0v) is 15.8. The van der Waals surface area contributed by atoms with E-state index in [1.165, 1.54) is 49.6 Å². The van der Waals surface area contributed by atoms with Gasteiger partial charge in [0.25, 0.3) is 15.9 Å². The van der Waals surface area contributed by atoms with Gasteiger partial charge in [0.2, 0.25) is 5.91 Å². The highest BCUT2D eigenvalue weighted by Gasteiger charge is 2.20. The maximum atomic E-state index is 12.3. The first-order valence-electron chi connectivity index (χ1n) is 7.14. The van der Waals surface area contributed by atoms with Crippen LogP contribution in [0.3, 0.4) is 0 Å². The molecule has 0 aliphatic rings. The molecular weight excluding hydrogens is 403 g/mol. The van der Waals surface area contributed by atoms with E-state index in [1.54, 1.807) is 0 Å². The number of carbonyl (C=O) groups is 2. The van der Waals surface area contributed by atoms with Gasteiger partial charge in [-0.1, -0.05) is 23.2 Å². The predicted octanol–water partition coefficient (Wildman–Crippen LogP) is 2.70. The van der Waals surface area contributed by atoms with Crippen LogP contribution in [0, 0.1) is 0 Å². The summed E-state index contributed by atoms with van der Waals surface area (Å²) in [6.07, 6.45) is 0. The number of rotatable bonds is 6. The van der Waals surface area contributed by atoms with E-state index in [2.05, 4.69) is 10.1 Å². The van der Waals surface area contributed by atoms with Gasteiger partial charge in [-0.05, 0) is 42.5 Å². The number of ether oxygens (including phenoxy) is 1. The van der Waals surface area contributed by atoms with Crippen molar-refractivity contribution in [2.24, 2.45) is 0 Å². The molecule has 0 saturated carbocycles. The Kier molecular flexibility index (Phi) is 6.60. The normalized spacial score (nSPS) is 11.0. The molecule has 0 heterocycles. The molecule has 0 radical (unpaired) electrons. The van der Waals surface area contributed by atoms with Crippen molar-refractivity contribution in [3.63, 3.8) is 0 Å². The molecule has 26 heavy (non-hydrogen) atoms. The van der Waals surface area contributed by atoms with E-state index in [9.17, 15) is 18.0 Å². The summed E-state index contributed by atoms with van der Waals surface area (Å²) in [6.45, 7) is -0.128. The summed E-state index contributed by atoms with van der Waals surface area (Å²) in [5.41, 5.74) is 0.321. The van der Waals surface area contributed by atoms with Crippen molar-refractivity contribution >= 4 is 50.7 Å². The molecule has 10 heteroatoms. The van der Waals surface area contributed by atoms with Crippen molar-refractivity contribution in [3.05, 3.63) is 58.1 Å². The fraction of sp³-hybridized carbons (Fsp3) is 0.125. The van der Waals surface area contributed by atoms with E-state index in [4.69, 9.17) is 23.2 Å². The molecule has 0 spiro atoms. The van der Waals surface area contributed by atoms with Gasteiger partial charge >= 0.3 is 0 Å². The Morgan fingerprint density at radius 3 is 2.35 bits per heavy atom. The molecule has 0 aliphatic carbocycles. The molecule has 2 aromatic carbocycles. The van der Waals surface area contributed by atoms with Crippen LogP contribution < -0.4 is 10.0 Å². The number of sulfonamides is 1. The number of carbonyl (C=O) groups excluding carboxylic acids is 2. The minimum Gasteiger partial charge on any atom is -0.375 e. The maximum Gasteiger partial charge on any atom is 0.266 e. The van der Waals surface area contributed by atoms with Gasteiger partial charge in [-0.25, -0.2) is 13.1 Å². The zero-order chi connectivity index (χ0) is 19.3. The summed E-state index contributed by atoms with van der Waals surface area (Å²) in [5.74, 6) is -1.29. The number of methoxy groups -OCH3 is 1. The van der Waals surface area contributed by atoms with Gasteiger partial charge in [-0.2, -0.15) is 0 Å². The summed E-state index contributed by atoms with van der Waals surface area (Å²) >= 11 is 11.7. The number of hydrogen-bond donors (Lipinski definition) is 2. The highest BCUT2D eigenvalue weighted by atomic mass is 35.5. The molecule has 0 fully saturated rings. The van der Waals surface area contributed by atoms with E-state index < -0.39 is 15.9 Å². The molecule has 0 saturated heterocycles. The average molecular weight is 417 g/mol. The molecule has 0 aliphatic heterocycles. The minimum atomic E-state index is -4.13. The van der Waals surface area contributed by atoms with Gasteiger partial charge in [0.1, 0.15) is 6.61 Å². The van der Waals surface area contributed by atoms with Crippen molar-refractivity contribution in [1.82, 2.24) is 4.72 Å². The average Bonchev–Trinajstić information content (AvgIpc) is 2.57. The second-order valence-corrected chi connectivity index (χ2v) is 7.59. The largest absolute Gasteiger partial charge is 0.375 e. The Labute approximate surface area is 160 Å². The van der Waals surface area contributed by atoms with Crippen LogP contribution in [0.1, 0.15) is 10.4 Å². The first kappa shape index (κ1) is 20.2. The van der Waals surface area contributed by atoms with Crippen molar-refractivity contribution in [2.75, 3.05) is 19.0 Å². The third-order valence-corrected chi connectivity index (χ3v) is 5.04. The van der Waals surface area contributed by atoms with Gasteiger partial charge < -0.3 is 10.1 Å². The Balaban J connectivity index is 2.15. The fourth-order valence-corrected chi connectivity index (χ4v) is 3.29. The summed E-state index contributed by atoms with van der Waals surface area (Å²) in [6, 6.07) is 9.41. The fourth-order valence-electron chi connectivity index (χ4n) is 1.95. The van der Waals surface area contributed by atoms with Crippen LogP contribution in [-0.4, -0.2) is 33.9 Å². The molecule has 0 aromatic heterocycles. The number of anilines is 1. The maximum absolute atomic E-state index is 12.3. The Morgan fingerprint density at radius 1 is 1.08 bits per heavy atom. The van der Waals surface area contributed by atoms with Gasteiger partial charge in [0, 0.05) is 17.8 Å². The number of nitrogens with one attached hydrogen (secondary N) is 2. The standard InChI is InChI=1S/C16H14Cl2N2O5S/c1-25-9-15(21)19-11-3-5-12(6-4-11)26(23,24)20-16(22)13-8-10(17)2-7-14(13)18/h2-8H,9H2,1H3,(H,19,21)(H,20,22). The van der Waals surface area contributed by atoms with Crippen LogP contribution in [0.4, 0.5) is 5.69 Å². The topological polar surface area (TPSA) is 102 Å². The molecular formula is C16H14Cl2N2O5S. The SMILES string of the molecule is COCC(=O)Nc1ccc(S(=O)(=O)NC(=O)c2cc(Cl)ccc2Cl)cc1. The molecule has 0 atom stereocenters. The van der Waals surface area contributed by atoms with Crippen LogP contribution in [-0.2, 0) is 19.6 Å². The number of amides is 2. The first-order valence-corrected chi connectivity index (χ1v) is 9.38. The Bertz CT molecular complexity index is 930. The molecule has 2 N–H and O–H groups in total. The Morgan fingerprint density at radius 2 is 1.73 bits per heavy atom. The lowest BCUT2D eigenvalue weighted by Crippen LogP contribution is -2.30. The van der Waals surface area contributed by atoms with Crippen LogP contribution in [0.15, 0.2) is 47.4 Å². The number of benzene rings is 2. The number of hydrogen-bond acceptors (Lipinski definition) is 5. The number of halogens is 2. The van der Waals surface area contributed by atoms with Crippen molar-refractivity contribution in [2.45, 2.75) is 4.90 Å². The lowest BCUT2D eigenvalue weighted by atomic mass is 10.2. The second kappa shape index (κ2) is 8.50. The third-order valence-electron chi connectivity index (χ3n) is 3.12. The van der Waals surface area contributed by atoms with Crippen LogP contribution in [0.2, 0.25) is 10.0 Å². The third kappa shape index (κ3) is 5.18. The minimum absolute atomic E-state index is 0.0637. The molecule has 2 amide bonds. The van der Waals surface area contributed by atoms with Crippen LogP contribution in [0.25, 0.3) is 0 Å². The predicted molar refractivity (Wildman–Crippen MR) is 98.1 cm³/mol. The zero-order valence-electron chi connectivity index (χ0n) is 13.5. The first-order chi connectivity index (χ1) is 12.2. The highest BCUT2D eigenvalue weighted by molar-refractivity contribution is 7.90. The molecule has 0 bridgehead atoms. The summed E-state index contributed by atoms with van der Waals surface area (Å²) in [4.78, 5) is 23.4. The smallest absolute Gasteiger partial charge is 0.266 e. The molecule has 2 aromatic rings. The van der Waals surface area contributed by atoms with Crippen LogP contribution >= 0.6 is 23.2 Å². The van der Waals surface area contributed by atoms with E-state index in [-0.39, 0.29) is 33.0 Å². The summed E-state index contributed by atoms with van der Waals surface area (Å²) < 4.78 is 31.3. The van der Waals surface area contributed by atoms with Crippen molar-refractivity contribution < 1.29 is 22.7 Å². The van der Waals surface area contributed by atoms with Crippen molar-refractivity contribution in [3.8, 4) is 0 Å². The molecule has 138 valence electrons. The Hall–Kier alpha value is -2.13. The second-order valence-electron chi connectivity index (χ2n) is 5.06. The lowest BCUT2D eigenvalue weighted by Gasteiger charge is -2.09. The summed E-state index contributed by atoms with van der Waals surface area (Å²) in [5, 5.41) is 2.84. The van der Waals surface area contributed by atoms with Crippen LogP contribution in [0.5, 0.6) is 0 Å². The highest BCUT2D eigenvalue weighted by Crippen LogP contribution is 2.21. The molecule has 0 unspecified atom stereocenters. The van der Waals surface area contributed by atoms with Gasteiger partial charge in [-0.3, -0.25) is 9.59 Å². The van der Waals surface area contributed by atoms with E-state index in [0.717, 1.165) is 0 Å². The van der Waals surface area contributed by atoms with E-state index in [1.807, 2.05) is 4.72 Å². The lowest BCUT2D eigenvalue weighted by molar-refractivity contribution is -0.119. The van der Waals surface area contributed by atoms with Gasteiger partial charge in [0.15, 0.2) is 0 Å². The van der Waals surface area contributed by atoms with Gasteiger partial charge in [0.05, 0.1) is 15.5 Å². The van der Waals surface area contributed by atoms with E-state index >= 15 is 0 Å².